The summed E-state index contributed by atoms with van der Waals surface area (Å²) < 4.78 is 0. The van der Waals surface area contributed by atoms with Gasteiger partial charge < -0.3 is 5.32 Å². The van der Waals surface area contributed by atoms with Crippen LogP contribution in [0.4, 0.5) is 0 Å². The van der Waals surface area contributed by atoms with Gasteiger partial charge in [-0.3, -0.25) is 5.10 Å². The molecule has 2 aliphatic carbocycles. The molecule has 3 heteroatoms. The van der Waals surface area contributed by atoms with Gasteiger partial charge in [0.1, 0.15) is 0 Å². The lowest BCUT2D eigenvalue weighted by molar-refractivity contribution is 0.322. The van der Waals surface area contributed by atoms with Crippen LogP contribution >= 0.6 is 0 Å². The van der Waals surface area contributed by atoms with Crippen LogP contribution in [0.1, 0.15) is 36.4 Å². The van der Waals surface area contributed by atoms with E-state index in [1.54, 1.807) is 5.56 Å². The van der Waals surface area contributed by atoms with E-state index in [1.807, 2.05) is 6.07 Å². The molecule has 0 saturated heterocycles. The van der Waals surface area contributed by atoms with E-state index >= 15 is 0 Å². The Hall–Kier alpha value is -2.13. The molecule has 2 N–H and O–H groups in total. The second-order valence-electron chi connectivity index (χ2n) is 7.45. The van der Waals surface area contributed by atoms with Gasteiger partial charge >= 0.3 is 0 Å². The van der Waals surface area contributed by atoms with E-state index in [1.165, 1.54) is 30.3 Å². The number of nitrogens with one attached hydrogen (secondary N) is 2. The quantitative estimate of drug-likeness (QED) is 0.756. The molecule has 2 aromatic carbocycles. The molecular formula is C21H23N3. The third kappa shape index (κ3) is 2.35. The highest BCUT2D eigenvalue weighted by atomic mass is 15.1. The predicted molar refractivity (Wildman–Crippen MR) is 96.7 cm³/mol. The van der Waals surface area contributed by atoms with E-state index in [4.69, 9.17) is 0 Å². The first-order chi connectivity index (χ1) is 11.9. The van der Waals surface area contributed by atoms with Gasteiger partial charge in [0, 0.05) is 18.0 Å². The molecule has 3 nitrogen and oxygen atoms in total. The lowest BCUT2D eigenvalue weighted by atomic mass is 9.81. The summed E-state index contributed by atoms with van der Waals surface area (Å²) >= 11 is 0. The van der Waals surface area contributed by atoms with Crippen molar-refractivity contribution in [1.82, 2.24) is 15.5 Å². The van der Waals surface area contributed by atoms with Crippen molar-refractivity contribution in [3.05, 3.63) is 65.9 Å². The summed E-state index contributed by atoms with van der Waals surface area (Å²) in [6.07, 6.45) is 4.05. The fourth-order valence-corrected chi connectivity index (χ4v) is 5.02. The predicted octanol–water partition coefficient (Wildman–Crippen LogP) is 4.23. The van der Waals surface area contributed by atoms with Crippen LogP contribution in [0.3, 0.4) is 0 Å². The largest absolute Gasteiger partial charge is 0.308 e. The number of hydrogen-bond donors (Lipinski definition) is 2. The molecular weight excluding hydrogens is 294 g/mol. The van der Waals surface area contributed by atoms with Crippen molar-refractivity contribution >= 4 is 10.9 Å². The van der Waals surface area contributed by atoms with E-state index in [0.29, 0.717) is 6.04 Å². The summed E-state index contributed by atoms with van der Waals surface area (Å²) in [5.74, 6) is 2.46. The smallest absolute Gasteiger partial charge is 0.0924 e. The summed E-state index contributed by atoms with van der Waals surface area (Å²) in [4.78, 5) is 0. The van der Waals surface area contributed by atoms with Gasteiger partial charge in [-0.1, -0.05) is 48.5 Å². The highest BCUT2D eigenvalue weighted by Gasteiger charge is 2.45. The monoisotopic (exact) mass is 317 g/mol. The first-order valence-electron chi connectivity index (χ1n) is 9.09. The summed E-state index contributed by atoms with van der Waals surface area (Å²) in [5, 5.41) is 12.7. The van der Waals surface area contributed by atoms with Crippen molar-refractivity contribution in [2.45, 2.75) is 37.8 Å². The summed E-state index contributed by atoms with van der Waals surface area (Å²) in [6.45, 7) is 0.893. The van der Waals surface area contributed by atoms with Gasteiger partial charge in [0.15, 0.2) is 0 Å². The number of rotatable bonds is 4. The molecule has 0 spiro atoms. The maximum Gasteiger partial charge on any atom is 0.0924 e. The summed E-state index contributed by atoms with van der Waals surface area (Å²) in [6, 6.07) is 20.1. The van der Waals surface area contributed by atoms with Gasteiger partial charge in [-0.15, -0.1) is 0 Å². The molecule has 24 heavy (non-hydrogen) atoms. The van der Waals surface area contributed by atoms with Crippen molar-refractivity contribution in [3.8, 4) is 0 Å². The Morgan fingerprint density at radius 2 is 1.75 bits per heavy atom. The maximum atomic E-state index is 4.40. The normalized spacial score (nSPS) is 28.7. The van der Waals surface area contributed by atoms with Gasteiger partial charge in [-0.25, -0.2) is 0 Å². The standard InChI is InChI=1S/C21H23N3/c1-2-6-14(7-3-1)18-11-16-10-15(18)12-20(16)22-13-21-17-8-4-5-9-19(17)23-24-21/h1-9,15-16,18,20,22H,10-13H2,(H,23,24)/t15-,16-,18+,20-/m1/s1. The molecule has 4 atom stereocenters. The average Bonchev–Trinajstić information content (AvgIpc) is 3.34. The molecule has 3 aromatic rings. The molecule has 2 aliphatic rings. The second-order valence-corrected chi connectivity index (χ2v) is 7.45. The number of aromatic amines is 1. The minimum atomic E-state index is 0.664. The van der Waals surface area contributed by atoms with Gasteiger partial charge in [0.25, 0.3) is 0 Å². The minimum absolute atomic E-state index is 0.664. The van der Waals surface area contributed by atoms with E-state index in [-0.39, 0.29) is 0 Å². The van der Waals surface area contributed by atoms with E-state index in [0.717, 1.165) is 29.8 Å². The summed E-state index contributed by atoms with van der Waals surface area (Å²) in [5.41, 5.74) is 3.82. The van der Waals surface area contributed by atoms with Crippen molar-refractivity contribution in [1.29, 1.82) is 0 Å². The SMILES string of the molecule is c1ccc([C@@H]2C[C@H]3C[C@@H]2C[C@H]3NCc2[nH]nc3ccccc23)cc1. The van der Waals surface area contributed by atoms with Gasteiger partial charge in [0.05, 0.1) is 11.2 Å². The van der Waals surface area contributed by atoms with E-state index < -0.39 is 0 Å². The fourth-order valence-electron chi connectivity index (χ4n) is 5.02. The topological polar surface area (TPSA) is 40.7 Å². The Morgan fingerprint density at radius 3 is 2.58 bits per heavy atom. The van der Waals surface area contributed by atoms with Crippen LogP contribution in [0.5, 0.6) is 0 Å². The Kier molecular flexibility index (Phi) is 3.41. The highest BCUT2D eigenvalue weighted by molar-refractivity contribution is 5.81. The highest BCUT2D eigenvalue weighted by Crippen LogP contribution is 2.52. The molecule has 2 bridgehead atoms. The number of fused-ring (bicyclic) bond motifs is 3. The van der Waals surface area contributed by atoms with Gasteiger partial charge in [-0.05, 0) is 48.6 Å². The van der Waals surface area contributed by atoms with Crippen LogP contribution in [0.15, 0.2) is 54.6 Å². The van der Waals surface area contributed by atoms with Crippen LogP contribution in [-0.4, -0.2) is 16.2 Å². The molecule has 1 heterocycles. The fraction of sp³-hybridized carbons (Fsp3) is 0.381. The second kappa shape index (κ2) is 5.75. The van der Waals surface area contributed by atoms with Crippen LogP contribution < -0.4 is 5.32 Å². The van der Waals surface area contributed by atoms with Crippen molar-refractivity contribution in [3.63, 3.8) is 0 Å². The third-order valence-corrected chi connectivity index (χ3v) is 6.17. The van der Waals surface area contributed by atoms with Crippen molar-refractivity contribution in [2.75, 3.05) is 0 Å². The third-order valence-electron chi connectivity index (χ3n) is 6.17. The number of para-hydroxylation sites is 1. The molecule has 0 aliphatic heterocycles. The molecule has 122 valence electrons. The zero-order valence-corrected chi connectivity index (χ0v) is 13.8. The molecule has 5 rings (SSSR count). The Bertz CT molecular complexity index is 838. The van der Waals surface area contributed by atoms with Crippen LogP contribution in [0, 0.1) is 11.8 Å². The lowest BCUT2D eigenvalue weighted by Crippen LogP contribution is -2.35. The van der Waals surface area contributed by atoms with Gasteiger partial charge in [-0.2, -0.15) is 5.10 Å². The lowest BCUT2D eigenvalue weighted by Gasteiger charge is -2.29. The van der Waals surface area contributed by atoms with Crippen molar-refractivity contribution < 1.29 is 0 Å². The Balaban J connectivity index is 1.25. The summed E-state index contributed by atoms with van der Waals surface area (Å²) in [7, 11) is 0. The van der Waals surface area contributed by atoms with Crippen LogP contribution in [-0.2, 0) is 6.54 Å². The Morgan fingerprint density at radius 1 is 0.917 bits per heavy atom. The minimum Gasteiger partial charge on any atom is -0.308 e. The number of hydrogen-bond acceptors (Lipinski definition) is 2. The van der Waals surface area contributed by atoms with Crippen LogP contribution in [0.25, 0.3) is 10.9 Å². The van der Waals surface area contributed by atoms with E-state index in [2.05, 4.69) is 64.0 Å². The molecule has 0 amide bonds. The zero-order valence-electron chi connectivity index (χ0n) is 13.8. The molecule has 0 radical (unpaired) electrons. The number of benzene rings is 2. The number of nitrogens with zero attached hydrogens (tertiary/aromatic N) is 1. The molecule has 0 unspecified atom stereocenters. The van der Waals surface area contributed by atoms with Crippen LogP contribution in [0.2, 0.25) is 0 Å². The van der Waals surface area contributed by atoms with Crippen molar-refractivity contribution in [2.24, 2.45) is 11.8 Å². The maximum absolute atomic E-state index is 4.40. The average molecular weight is 317 g/mol. The number of H-pyrrole nitrogens is 1. The zero-order chi connectivity index (χ0) is 15.9. The molecule has 2 fully saturated rings. The first kappa shape index (κ1) is 14.2. The van der Waals surface area contributed by atoms with E-state index in [9.17, 15) is 0 Å². The molecule has 1 aromatic heterocycles. The number of aromatic nitrogens is 2. The molecule has 2 saturated carbocycles. The Labute approximate surface area is 142 Å². The first-order valence-corrected chi connectivity index (χ1v) is 9.09. The van der Waals surface area contributed by atoms with Gasteiger partial charge in [0.2, 0.25) is 0 Å².